The van der Waals surface area contributed by atoms with Gasteiger partial charge in [0.2, 0.25) is 0 Å². The van der Waals surface area contributed by atoms with Crippen LogP contribution < -0.4 is 0 Å². The van der Waals surface area contributed by atoms with E-state index in [1.165, 1.54) is 0 Å². The van der Waals surface area contributed by atoms with Gasteiger partial charge in [-0.15, -0.1) is 0 Å². The highest BCUT2D eigenvalue weighted by molar-refractivity contribution is 5.87. The molecule has 0 radical (unpaired) electrons. The quantitative estimate of drug-likeness (QED) is 0.442. The summed E-state index contributed by atoms with van der Waals surface area (Å²) in [6, 6.07) is 9.57. The summed E-state index contributed by atoms with van der Waals surface area (Å²) in [6.07, 6.45) is 0. The van der Waals surface area contributed by atoms with E-state index in [-0.39, 0.29) is 0 Å². The minimum atomic E-state index is -0.814. The zero-order valence-corrected chi connectivity index (χ0v) is 10.4. The van der Waals surface area contributed by atoms with Crippen LogP contribution in [0, 0.1) is 11.8 Å². The van der Waals surface area contributed by atoms with Crippen LogP contribution in [0.3, 0.4) is 0 Å². The summed E-state index contributed by atoms with van der Waals surface area (Å²) >= 11 is 0. The molecule has 1 aromatic carbocycles. The Morgan fingerprint density at radius 2 is 1.88 bits per heavy atom. The molecule has 0 unspecified atom stereocenters. The Hall–Kier alpha value is -2.01. The fourth-order valence-electron chi connectivity index (χ4n) is 1.09. The molecule has 0 aliphatic heterocycles. The summed E-state index contributed by atoms with van der Waals surface area (Å²) in [7, 11) is 0. The molecule has 0 heterocycles. The topological polar surface area (TPSA) is 26.3 Å². The SMILES string of the molecule is C=C(C)C(=O)OC(C)(C)C#Cc1ccccc1. The molecule has 1 rings (SSSR count). The molecule has 0 atom stereocenters. The lowest BCUT2D eigenvalue weighted by Gasteiger charge is -2.18. The first kappa shape index (κ1) is 13.1. The zero-order chi connectivity index (χ0) is 12.9. The minimum absolute atomic E-state index is 0.375. The standard InChI is InChI=1S/C15H16O2/c1-12(2)14(16)17-15(3,4)11-10-13-8-6-5-7-9-13/h5-9H,1H2,2-4H3. The summed E-state index contributed by atoms with van der Waals surface area (Å²) in [5, 5.41) is 0. The molecule has 0 bridgehead atoms. The smallest absolute Gasteiger partial charge is 0.334 e. The van der Waals surface area contributed by atoms with Gasteiger partial charge in [-0.1, -0.05) is 36.6 Å². The maximum Gasteiger partial charge on any atom is 0.334 e. The lowest BCUT2D eigenvalue weighted by Crippen LogP contribution is -2.26. The summed E-state index contributed by atoms with van der Waals surface area (Å²) < 4.78 is 5.21. The second kappa shape index (κ2) is 5.36. The summed E-state index contributed by atoms with van der Waals surface area (Å²) in [5.74, 6) is 5.48. The van der Waals surface area contributed by atoms with Crippen LogP contribution in [0.15, 0.2) is 42.5 Å². The third-order valence-electron chi connectivity index (χ3n) is 1.98. The molecule has 0 amide bonds. The Morgan fingerprint density at radius 1 is 1.29 bits per heavy atom. The molecular formula is C15H16O2. The van der Waals surface area contributed by atoms with E-state index in [0.29, 0.717) is 5.57 Å². The molecule has 88 valence electrons. The van der Waals surface area contributed by atoms with E-state index >= 15 is 0 Å². The van der Waals surface area contributed by atoms with Gasteiger partial charge in [-0.3, -0.25) is 0 Å². The highest BCUT2D eigenvalue weighted by atomic mass is 16.6. The van der Waals surface area contributed by atoms with Gasteiger partial charge < -0.3 is 4.74 Å². The van der Waals surface area contributed by atoms with Crippen LogP contribution in [0.5, 0.6) is 0 Å². The lowest BCUT2D eigenvalue weighted by atomic mass is 10.1. The Labute approximate surface area is 102 Å². The Bertz CT molecular complexity index is 473. The Kier molecular flexibility index (Phi) is 4.12. The van der Waals surface area contributed by atoms with E-state index < -0.39 is 11.6 Å². The molecule has 0 aliphatic carbocycles. The van der Waals surface area contributed by atoms with Crippen LogP contribution in [0.4, 0.5) is 0 Å². The van der Waals surface area contributed by atoms with Crippen LogP contribution in [0.1, 0.15) is 26.3 Å². The van der Waals surface area contributed by atoms with Crippen molar-refractivity contribution in [2.24, 2.45) is 0 Å². The van der Waals surface area contributed by atoms with Gasteiger partial charge in [0, 0.05) is 11.1 Å². The Balaban J connectivity index is 2.77. The largest absolute Gasteiger partial charge is 0.443 e. The van der Waals surface area contributed by atoms with Crippen LogP contribution in [0.2, 0.25) is 0 Å². The number of hydrogen-bond donors (Lipinski definition) is 0. The molecule has 0 saturated heterocycles. The van der Waals surface area contributed by atoms with Crippen molar-refractivity contribution < 1.29 is 9.53 Å². The first-order valence-corrected chi connectivity index (χ1v) is 5.38. The van der Waals surface area contributed by atoms with Crippen LogP contribution in [-0.4, -0.2) is 11.6 Å². The zero-order valence-electron chi connectivity index (χ0n) is 10.4. The van der Waals surface area contributed by atoms with Crippen molar-refractivity contribution >= 4 is 5.97 Å². The molecule has 1 aromatic rings. The van der Waals surface area contributed by atoms with Gasteiger partial charge in [0.1, 0.15) is 0 Å². The third-order valence-corrected chi connectivity index (χ3v) is 1.98. The number of esters is 1. The van der Waals surface area contributed by atoms with Gasteiger partial charge in [-0.2, -0.15) is 0 Å². The van der Waals surface area contributed by atoms with E-state index in [1.807, 2.05) is 30.3 Å². The maximum atomic E-state index is 11.4. The average molecular weight is 228 g/mol. The van der Waals surface area contributed by atoms with Crippen LogP contribution >= 0.6 is 0 Å². The van der Waals surface area contributed by atoms with Gasteiger partial charge in [0.05, 0.1) is 0 Å². The summed E-state index contributed by atoms with van der Waals surface area (Å²) in [4.78, 5) is 11.4. The molecule has 0 aromatic heterocycles. The van der Waals surface area contributed by atoms with Crippen molar-refractivity contribution in [2.75, 3.05) is 0 Å². The van der Waals surface area contributed by atoms with Crippen molar-refractivity contribution in [3.8, 4) is 11.8 Å². The van der Waals surface area contributed by atoms with E-state index in [1.54, 1.807) is 20.8 Å². The third kappa shape index (κ3) is 4.56. The molecule has 2 nitrogen and oxygen atoms in total. The Morgan fingerprint density at radius 3 is 2.41 bits per heavy atom. The molecule has 0 saturated carbocycles. The number of rotatable bonds is 2. The lowest BCUT2D eigenvalue weighted by molar-refractivity contribution is -0.146. The number of carbonyl (C=O) groups is 1. The van der Waals surface area contributed by atoms with E-state index in [0.717, 1.165) is 5.56 Å². The predicted octanol–water partition coefficient (Wildman–Crippen LogP) is 2.94. The van der Waals surface area contributed by atoms with Gasteiger partial charge >= 0.3 is 5.97 Å². The van der Waals surface area contributed by atoms with Crippen molar-refractivity contribution in [3.05, 3.63) is 48.0 Å². The average Bonchev–Trinajstić information content (AvgIpc) is 2.27. The van der Waals surface area contributed by atoms with E-state index in [2.05, 4.69) is 18.4 Å². The highest BCUT2D eigenvalue weighted by Gasteiger charge is 2.20. The van der Waals surface area contributed by atoms with Crippen molar-refractivity contribution in [3.63, 3.8) is 0 Å². The van der Waals surface area contributed by atoms with Gasteiger partial charge in [0.15, 0.2) is 5.60 Å². The molecular weight excluding hydrogens is 212 g/mol. The predicted molar refractivity (Wildman–Crippen MR) is 68.3 cm³/mol. The fourth-order valence-corrected chi connectivity index (χ4v) is 1.09. The van der Waals surface area contributed by atoms with Gasteiger partial charge in [-0.25, -0.2) is 4.79 Å². The molecule has 17 heavy (non-hydrogen) atoms. The van der Waals surface area contributed by atoms with E-state index in [4.69, 9.17) is 4.74 Å². The number of carbonyl (C=O) groups excluding carboxylic acids is 1. The van der Waals surface area contributed by atoms with E-state index in [9.17, 15) is 4.79 Å². The van der Waals surface area contributed by atoms with Gasteiger partial charge in [0.25, 0.3) is 0 Å². The summed E-state index contributed by atoms with van der Waals surface area (Å²) in [6.45, 7) is 8.66. The van der Waals surface area contributed by atoms with Crippen molar-refractivity contribution in [1.82, 2.24) is 0 Å². The van der Waals surface area contributed by atoms with Crippen molar-refractivity contribution in [2.45, 2.75) is 26.4 Å². The second-order valence-electron chi connectivity index (χ2n) is 4.30. The minimum Gasteiger partial charge on any atom is -0.443 e. The first-order chi connectivity index (χ1) is 7.91. The van der Waals surface area contributed by atoms with Crippen molar-refractivity contribution in [1.29, 1.82) is 0 Å². The maximum absolute atomic E-state index is 11.4. The monoisotopic (exact) mass is 228 g/mol. The summed E-state index contributed by atoms with van der Waals surface area (Å²) in [5.41, 5.74) is 0.456. The normalized spacial score (nSPS) is 10.1. The van der Waals surface area contributed by atoms with Crippen LogP contribution in [-0.2, 0) is 9.53 Å². The number of ether oxygens (including phenoxy) is 1. The molecule has 0 spiro atoms. The molecule has 0 N–H and O–H groups in total. The van der Waals surface area contributed by atoms with Crippen LogP contribution in [0.25, 0.3) is 0 Å². The second-order valence-corrected chi connectivity index (χ2v) is 4.30. The number of hydrogen-bond acceptors (Lipinski definition) is 2. The molecule has 2 heteroatoms. The molecule has 0 aliphatic rings. The molecule has 0 fully saturated rings. The van der Waals surface area contributed by atoms with Gasteiger partial charge in [-0.05, 0) is 32.9 Å². The first-order valence-electron chi connectivity index (χ1n) is 5.38. The highest BCUT2D eigenvalue weighted by Crippen LogP contribution is 2.10. The number of benzene rings is 1. The fraction of sp³-hybridized carbons (Fsp3) is 0.267.